The number of para-hydroxylation sites is 1. The van der Waals surface area contributed by atoms with Gasteiger partial charge in [-0.1, -0.05) is 17.3 Å². The molecule has 4 rings (SSSR count). The van der Waals surface area contributed by atoms with Crippen molar-refractivity contribution in [3.8, 4) is 0 Å². The molecule has 1 aliphatic rings. The fraction of sp³-hybridized carbons (Fsp3) is 0.421. The Morgan fingerprint density at radius 2 is 1.93 bits per heavy atom. The average Bonchev–Trinajstić information content (AvgIpc) is 3.14. The molecule has 11 heteroatoms. The lowest BCUT2D eigenvalue weighted by Crippen LogP contribution is -2.37. The van der Waals surface area contributed by atoms with Crippen LogP contribution in [0, 0.1) is 6.92 Å². The monoisotopic (exact) mass is 432 g/mol. The van der Waals surface area contributed by atoms with E-state index in [4.69, 9.17) is 9.26 Å². The standard InChI is InChI=1S/C19H24N6O4S/c1-14-22-18(12-19(23-14)25-8-10-28-11-9-25)20-6-7-21-30(26,27)13-16-15-4-2-3-5-17(15)29-24-16/h2-5,12,21H,6-11,13H2,1H3,(H,20,22,23). The number of aryl methyl sites for hydroxylation is 1. The molecule has 30 heavy (non-hydrogen) atoms. The summed E-state index contributed by atoms with van der Waals surface area (Å²) in [6.45, 7) is 5.35. The van der Waals surface area contributed by atoms with Crippen LogP contribution in [0.2, 0.25) is 0 Å². The molecule has 2 aromatic heterocycles. The Morgan fingerprint density at radius 3 is 2.77 bits per heavy atom. The molecule has 0 spiro atoms. The largest absolute Gasteiger partial charge is 0.378 e. The van der Waals surface area contributed by atoms with Gasteiger partial charge >= 0.3 is 0 Å². The molecule has 3 heterocycles. The second-order valence-electron chi connectivity index (χ2n) is 6.96. The zero-order chi connectivity index (χ0) is 21.0. The minimum atomic E-state index is -3.55. The van der Waals surface area contributed by atoms with Crippen molar-refractivity contribution in [1.29, 1.82) is 0 Å². The van der Waals surface area contributed by atoms with Gasteiger partial charge in [-0.2, -0.15) is 0 Å². The van der Waals surface area contributed by atoms with Crippen molar-refractivity contribution in [2.24, 2.45) is 0 Å². The molecule has 0 saturated carbocycles. The van der Waals surface area contributed by atoms with Crippen molar-refractivity contribution in [3.05, 3.63) is 41.9 Å². The number of nitrogens with one attached hydrogen (secondary N) is 2. The van der Waals surface area contributed by atoms with Gasteiger partial charge in [-0.15, -0.1) is 0 Å². The third-order valence-electron chi connectivity index (χ3n) is 4.69. The summed E-state index contributed by atoms with van der Waals surface area (Å²) >= 11 is 0. The van der Waals surface area contributed by atoms with Gasteiger partial charge in [-0.25, -0.2) is 23.1 Å². The Kier molecular flexibility index (Phi) is 6.11. The van der Waals surface area contributed by atoms with Gasteiger partial charge in [0.2, 0.25) is 10.0 Å². The summed E-state index contributed by atoms with van der Waals surface area (Å²) < 4.78 is 37.9. The lowest BCUT2D eigenvalue weighted by Gasteiger charge is -2.28. The SMILES string of the molecule is Cc1nc(NCCNS(=O)(=O)Cc2noc3ccccc23)cc(N2CCOCC2)n1. The van der Waals surface area contributed by atoms with E-state index in [0.29, 0.717) is 48.1 Å². The maximum Gasteiger partial charge on any atom is 0.217 e. The van der Waals surface area contributed by atoms with Crippen molar-refractivity contribution < 1.29 is 17.7 Å². The second kappa shape index (κ2) is 8.94. The van der Waals surface area contributed by atoms with Crippen molar-refractivity contribution in [2.75, 3.05) is 49.6 Å². The van der Waals surface area contributed by atoms with Crippen LogP contribution in [0.15, 0.2) is 34.9 Å². The molecule has 1 saturated heterocycles. The molecule has 10 nitrogen and oxygen atoms in total. The molecular weight excluding hydrogens is 408 g/mol. The molecular formula is C19H24N6O4S. The smallest absolute Gasteiger partial charge is 0.217 e. The maximum atomic E-state index is 12.4. The first-order valence-corrected chi connectivity index (χ1v) is 11.4. The molecule has 0 radical (unpaired) electrons. The molecule has 3 aromatic rings. The van der Waals surface area contributed by atoms with E-state index in [9.17, 15) is 8.42 Å². The van der Waals surface area contributed by atoms with Crippen molar-refractivity contribution in [3.63, 3.8) is 0 Å². The Labute approximate surface area is 174 Å². The number of aromatic nitrogens is 3. The van der Waals surface area contributed by atoms with Crippen molar-refractivity contribution in [2.45, 2.75) is 12.7 Å². The first-order chi connectivity index (χ1) is 14.5. The number of rotatable bonds is 8. The minimum Gasteiger partial charge on any atom is -0.378 e. The fourth-order valence-corrected chi connectivity index (χ4v) is 4.35. The van der Waals surface area contributed by atoms with E-state index in [-0.39, 0.29) is 12.3 Å². The molecule has 0 bridgehead atoms. The molecule has 0 amide bonds. The van der Waals surface area contributed by atoms with Gasteiger partial charge in [0.1, 0.15) is 28.9 Å². The van der Waals surface area contributed by atoms with Crippen LogP contribution in [0.1, 0.15) is 11.5 Å². The second-order valence-corrected chi connectivity index (χ2v) is 8.77. The summed E-state index contributed by atoms with van der Waals surface area (Å²) in [5.74, 6) is 1.91. The van der Waals surface area contributed by atoms with Crippen LogP contribution in [0.25, 0.3) is 11.0 Å². The number of sulfonamides is 1. The topological polar surface area (TPSA) is 122 Å². The summed E-state index contributed by atoms with van der Waals surface area (Å²) in [6.07, 6.45) is 0. The number of anilines is 2. The zero-order valence-corrected chi connectivity index (χ0v) is 17.5. The summed E-state index contributed by atoms with van der Waals surface area (Å²) in [7, 11) is -3.55. The summed E-state index contributed by atoms with van der Waals surface area (Å²) in [5, 5.41) is 7.74. The minimum absolute atomic E-state index is 0.216. The van der Waals surface area contributed by atoms with Crippen LogP contribution in [-0.4, -0.2) is 62.9 Å². The number of hydrogen-bond acceptors (Lipinski definition) is 9. The van der Waals surface area contributed by atoms with Gasteiger partial charge in [-0.3, -0.25) is 0 Å². The third kappa shape index (κ3) is 5.04. The molecule has 0 atom stereocenters. The van der Waals surface area contributed by atoms with Gasteiger partial charge in [0.25, 0.3) is 0 Å². The van der Waals surface area contributed by atoms with E-state index in [1.165, 1.54) is 0 Å². The number of benzene rings is 1. The van der Waals surface area contributed by atoms with Crippen molar-refractivity contribution >= 4 is 32.6 Å². The highest BCUT2D eigenvalue weighted by atomic mass is 32.2. The number of fused-ring (bicyclic) bond motifs is 1. The number of hydrogen-bond donors (Lipinski definition) is 2. The molecule has 1 fully saturated rings. The normalized spacial score (nSPS) is 14.9. The Bertz CT molecular complexity index is 1110. The predicted octanol–water partition coefficient (Wildman–Crippen LogP) is 1.29. The van der Waals surface area contributed by atoms with E-state index in [0.717, 1.165) is 18.9 Å². The number of morpholine rings is 1. The van der Waals surface area contributed by atoms with Crippen LogP contribution in [-0.2, 0) is 20.5 Å². The average molecular weight is 433 g/mol. The Balaban J connectivity index is 1.31. The summed E-state index contributed by atoms with van der Waals surface area (Å²) in [6, 6.07) is 9.05. The van der Waals surface area contributed by atoms with Gasteiger partial charge < -0.3 is 19.5 Å². The molecule has 1 aliphatic heterocycles. The van der Waals surface area contributed by atoms with Crippen LogP contribution in [0.4, 0.5) is 11.6 Å². The molecule has 2 N–H and O–H groups in total. The number of ether oxygens (including phenoxy) is 1. The maximum absolute atomic E-state index is 12.4. The van der Waals surface area contributed by atoms with E-state index in [1.54, 1.807) is 12.1 Å². The fourth-order valence-electron chi connectivity index (χ4n) is 3.27. The summed E-state index contributed by atoms with van der Waals surface area (Å²) in [5.41, 5.74) is 0.965. The first-order valence-electron chi connectivity index (χ1n) is 9.73. The quantitative estimate of drug-likeness (QED) is 0.507. The van der Waals surface area contributed by atoms with E-state index >= 15 is 0 Å². The highest BCUT2D eigenvalue weighted by Crippen LogP contribution is 2.19. The van der Waals surface area contributed by atoms with Crippen LogP contribution < -0.4 is 14.9 Å². The van der Waals surface area contributed by atoms with Crippen LogP contribution >= 0.6 is 0 Å². The molecule has 160 valence electrons. The van der Waals surface area contributed by atoms with E-state index in [2.05, 4.69) is 30.1 Å². The molecule has 1 aromatic carbocycles. The van der Waals surface area contributed by atoms with Gasteiger partial charge in [0.05, 0.1) is 13.2 Å². The highest BCUT2D eigenvalue weighted by Gasteiger charge is 2.17. The van der Waals surface area contributed by atoms with Crippen LogP contribution in [0.3, 0.4) is 0 Å². The predicted molar refractivity (Wildman–Crippen MR) is 113 cm³/mol. The Morgan fingerprint density at radius 1 is 1.13 bits per heavy atom. The van der Waals surface area contributed by atoms with Gasteiger partial charge in [0.15, 0.2) is 5.58 Å². The first kappa shape index (κ1) is 20.5. The zero-order valence-electron chi connectivity index (χ0n) is 16.7. The lowest BCUT2D eigenvalue weighted by atomic mass is 10.2. The van der Waals surface area contributed by atoms with Gasteiger partial charge in [0, 0.05) is 37.6 Å². The lowest BCUT2D eigenvalue weighted by molar-refractivity contribution is 0.122. The van der Waals surface area contributed by atoms with Crippen LogP contribution in [0.5, 0.6) is 0 Å². The molecule has 0 unspecified atom stereocenters. The summed E-state index contributed by atoms with van der Waals surface area (Å²) in [4.78, 5) is 11.0. The highest BCUT2D eigenvalue weighted by molar-refractivity contribution is 7.88. The van der Waals surface area contributed by atoms with Gasteiger partial charge in [-0.05, 0) is 19.1 Å². The third-order valence-corrected chi connectivity index (χ3v) is 5.99. The Hall–Kier alpha value is -2.76. The van der Waals surface area contributed by atoms with Crippen molar-refractivity contribution in [1.82, 2.24) is 19.8 Å². The van der Waals surface area contributed by atoms with E-state index in [1.807, 2.05) is 25.1 Å². The number of nitrogens with zero attached hydrogens (tertiary/aromatic N) is 4. The molecule has 0 aliphatic carbocycles. The van der Waals surface area contributed by atoms with E-state index < -0.39 is 10.0 Å².